The Bertz CT molecular complexity index is 579. The van der Waals surface area contributed by atoms with Crippen molar-refractivity contribution >= 4 is 17.5 Å². The number of nitrogens with zero attached hydrogens (tertiary/aromatic N) is 2. The number of carbonyl (C=O) groups excluding carboxylic acids is 2. The van der Waals surface area contributed by atoms with Crippen LogP contribution in [0.1, 0.15) is 0 Å². The van der Waals surface area contributed by atoms with Crippen LogP contribution in [0, 0.1) is 0 Å². The highest BCUT2D eigenvalue weighted by atomic mass is 16.5. The number of rotatable bonds is 4. The first-order valence-corrected chi connectivity index (χ1v) is 5.80. The zero-order valence-electron chi connectivity index (χ0n) is 11.0. The van der Waals surface area contributed by atoms with Crippen molar-refractivity contribution in [2.24, 2.45) is 10.2 Å². The topological polar surface area (TPSA) is 89.3 Å². The van der Waals surface area contributed by atoms with Crippen LogP contribution < -0.4 is 14.8 Å². The summed E-state index contributed by atoms with van der Waals surface area (Å²) in [6.45, 7) is 0. The van der Waals surface area contributed by atoms with E-state index in [-0.39, 0.29) is 0 Å². The van der Waals surface area contributed by atoms with Crippen LogP contribution in [-0.4, -0.2) is 32.1 Å². The molecule has 1 aromatic rings. The molecule has 1 N–H and O–H groups in total. The summed E-state index contributed by atoms with van der Waals surface area (Å²) in [6.07, 6.45) is 2.60. The van der Waals surface area contributed by atoms with Crippen molar-refractivity contribution in [2.45, 2.75) is 6.04 Å². The molecular weight excluding hydrogens is 262 g/mol. The van der Waals surface area contributed by atoms with E-state index in [9.17, 15) is 9.59 Å². The van der Waals surface area contributed by atoms with Crippen molar-refractivity contribution in [3.63, 3.8) is 0 Å². The molecule has 1 atom stereocenters. The van der Waals surface area contributed by atoms with Gasteiger partial charge in [-0.25, -0.2) is 0 Å². The maximum atomic E-state index is 12.0. The van der Waals surface area contributed by atoms with Crippen LogP contribution in [-0.2, 0) is 9.59 Å². The van der Waals surface area contributed by atoms with Crippen molar-refractivity contribution in [1.82, 2.24) is 0 Å². The van der Waals surface area contributed by atoms with E-state index in [1.165, 1.54) is 26.4 Å². The molecule has 7 nitrogen and oxygen atoms in total. The minimum atomic E-state index is -0.820. The number of methoxy groups -OCH3 is 2. The molecule has 20 heavy (non-hydrogen) atoms. The van der Waals surface area contributed by atoms with Gasteiger partial charge in [0.2, 0.25) is 0 Å². The summed E-state index contributed by atoms with van der Waals surface area (Å²) in [7, 11) is 3.03. The normalized spacial score (nSPS) is 16.9. The zero-order valence-corrected chi connectivity index (χ0v) is 11.0. The van der Waals surface area contributed by atoms with Gasteiger partial charge in [-0.05, 0) is 18.2 Å². The van der Waals surface area contributed by atoms with Gasteiger partial charge in [0, 0.05) is 12.1 Å². The van der Waals surface area contributed by atoms with E-state index in [0.717, 1.165) is 0 Å². The Morgan fingerprint density at radius 2 is 2.10 bits per heavy atom. The molecule has 1 aliphatic heterocycles. The largest absolute Gasteiger partial charge is 0.497 e. The van der Waals surface area contributed by atoms with Gasteiger partial charge in [0.15, 0.2) is 6.04 Å². The van der Waals surface area contributed by atoms with Crippen molar-refractivity contribution in [1.29, 1.82) is 0 Å². The fraction of sp³-hybridized carbons (Fsp3) is 0.231. The molecule has 104 valence electrons. The van der Waals surface area contributed by atoms with E-state index < -0.39 is 17.9 Å². The quantitative estimate of drug-likeness (QED) is 0.902. The van der Waals surface area contributed by atoms with Crippen molar-refractivity contribution in [3.05, 3.63) is 30.4 Å². The number of ether oxygens (including phenoxy) is 2. The lowest BCUT2D eigenvalue weighted by Gasteiger charge is -2.13. The predicted octanol–water partition coefficient (Wildman–Crippen LogP) is 1.56. The third kappa shape index (κ3) is 3.00. The van der Waals surface area contributed by atoms with Gasteiger partial charge in [0.25, 0.3) is 11.8 Å². The summed E-state index contributed by atoms with van der Waals surface area (Å²) in [5.74, 6) is 0.199. The Morgan fingerprint density at radius 3 is 2.70 bits per heavy atom. The third-order valence-corrected chi connectivity index (χ3v) is 2.64. The smallest absolute Gasteiger partial charge is 0.287 e. The number of azo groups is 1. The van der Waals surface area contributed by atoms with Crippen LogP contribution in [0.3, 0.4) is 0 Å². The molecule has 7 heteroatoms. The lowest BCUT2D eigenvalue weighted by molar-refractivity contribution is -0.117. The average Bonchev–Trinajstić information content (AvgIpc) is 2.48. The number of anilines is 1. The van der Waals surface area contributed by atoms with Gasteiger partial charge in [-0.1, -0.05) is 0 Å². The van der Waals surface area contributed by atoms with Crippen molar-refractivity contribution in [3.8, 4) is 11.5 Å². The van der Waals surface area contributed by atoms with Gasteiger partial charge >= 0.3 is 0 Å². The molecule has 1 aliphatic rings. The molecule has 2 amide bonds. The Labute approximate surface area is 115 Å². The summed E-state index contributed by atoms with van der Waals surface area (Å²) < 4.78 is 10.2. The third-order valence-electron chi connectivity index (χ3n) is 2.64. The van der Waals surface area contributed by atoms with E-state index in [2.05, 4.69) is 15.5 Å². The number of hydrogen-bond acceptors (Lipinski definition) is 5. The molecule has 1 unspecified atom stereocenters. The highest BCUT2D eigenvalue weighted by Gasteiger charge is 2.19. The van der Waals surface area contributed by atoms with Crippen molar-refractivity contribution in [2.75, 3.05) is 19.5 Å². The molecule has 0 bridgehead atoms. The molecule has 0 aromatic heterocycles. The second kappa shape index (κ2) is 5.96. The highest BCUT2D eigenvalue weighted by Crippen LogP contribution is 2.29. The molecule has 0 saturated heterocycles. The zero-order chi connectivity index (χ0) is 14.5. The van der Waals surface area contributed by atoms with Crippen LogP contribution in [0.5, 0.6) is 11.5 Å². The molecule has 0 fully saturated rings. The molecule has 1 heterocycles. The monoisotopic (exact) mass is 275 g/mol. The van der Waals surface area contributed by atoms with Crippen LogP contribution in [0.2, 0.25) is 0 Å². The van der Waals surface area contributed by atoms with E-state index in [4.69, 9.17) is 9.47 Å². The van der Waals surface area contributed by atoms with E-state index in [0.29, 0.717) is 17.2 Å². The molecule has 2 rings (SSSR count). The maximum Gasteiger partial charge on any atom is 0.287 e. The van der Waals surface area contributed by atoms with Crippen molar-refractivity contribution < 1.29 is 19.1 Å². The van der Waals surface area contributed by atoms with Crippen LogP contribution >= 0.6 is 0 Å². The fourth-order valence-corrected chi connectivity index (χ4v) is 1.61. The first-order chi connectivity index (χ1) is 9.63. The predicted molar refractivity (Wildman–Crippen MR) is 71.0 cm³/mol. The minimum absolute atomic E-state index is 0.402. The van der Waals surface area contributed by atoms with Crippen LogP contribution in [0.15, 0.2) is 40.6 Å². The second-order valence-electron chi connectivity index (χ2n) is 3.91. The summed E-state index contributed by atoms with van der Waals surface area (Å²) in [6, 6.07) is 4.18. The van der Waals surface area contributed by atoms with Gasteiger partial charge in [-0.15, -0.1) is 5.11 Å². The first kappa shape index (κ1) is 13.7. The van der Waals surface area contributed by atoms with E-state index >= 15 is 0 Å². The number of hydrogen-bond donors (Lipinski definition) is 1. The average molecular weight is 275 g/mol. The number of amides is 2. The highest BCUT2D eigenvalue weighted by molar-refractivity contribution is 5.99. The summed E-state index contributed by atoms with van der Waals surface area (Å²) in [5.41, 5.74) is 0.485. The Kier molecular flexibility index (Phi) is 4.09. The summed E-state index contributed by atoms with van der Waals surface area (Å²) >= 11 is 0. The van der Waals surface area contributed by atoms with Gasteiger partial charge in [-0.2, -0.15) is 5.11 Å². The fourth-order valence-electron chi connectivity index (χ4n) is 1.61. The molecule has 0 aliphatic carbocycles. The molecule has 0 spiro atoms. The molecule has 1 aromatic carbocycles. The molecule has 0 saturated carbocycles. The van der Waals surface area contributed by atoms with Gasteiger partial charge in [0.05, 0.1) is 19.9 Å². The van der Waals surface area contributed by atoms with Gasteiger partial charge < -0.3 is 14.8 Å². The lowest BCUT2D eigenvalue weighted by Crippen LogP contribution is -2.26. The van der Waals surface area contributed by atoms with Gasteiger partial charge in [0.1, 0.15) is 11.5 Å². The number of benzene rings is 1. The van der Waals surface area contributed by atoms with E-state index in [1.54, 1.807) is 18.2 Å². The number of carbonyl (C=O) groups is 2. The Balaban J connectivity index is 2.13. The lowest BCUT2D eigenvalue weighted by atomic mass is 10.2. The minimum Gasteiger partial charge on any atom is -0.497 e. The van der Waals surface area contributed by atoms with Crippen LogP contribution in [0.25, 0.3) is 0 Å². The molecule has 0 radical (unpaired) electrons. The van der Waals surface area contributed by atoms with Gasteiger partial charge in [-0.3, -0.25) is 9.59 Å². The SMILES string of the molecule is COc1ccc(NC(=O)C2C=CC(=O)N=N2)c(OC)c1. The standard InChI is InChI=1S/C13H13N3O4/c1-19-8-3-4-9(11(7-8)20-2)14-13(18)10-5-6-12(17)16-15-10/h3-7,10H,1-2H3,(H,14,18). The number of nitrogens with one attached hydrogen (secondary N) is 1. The Hall–Kier alpha value is -2.70. The first-order valence-electron chi connectivity index (χ1n) is 5.80. The van der Waals surface area contributed by atoms with E-state index in [1.807, 2.05) is 0 Å². The Morgan fingerprint density at radius 1 is 1.30 bits per heavy atom. The second-order valence-corrected chi connectivity index (χ2v) is 3.91. The maximum absolute atomic E-state index is 12.0. The summed E-state index contributed by atoms with van der Waals surface area (Å²) in [5, 5.41) is 9.60. The summed E-state index contributed by atoms with van der Waals surface area (Å²) in [4.78, 5) is 22.8. The van der Waals surface area contributed by atoms with Crippen LogP contribution in [0.4, 0.5) is 5.69 Å². The molecular formula is C13H13N3O4.